The van der Waals surface area contributed by atoms with Gasteiger partial charge in [0.25, 0.3) is 0 Å². The van der Waals surface area contributed by atoms with Crippen molar-refractivity contribution < 1.29 is 4.79 Å². The van der Waals surface area contributed by atoms with Crippen molar-refractivity contribution in [3.8, 4) is 0 Å². The largest absolute Gasteiger partial charge is 0.356 e. The fourth-order valence-electron chi connectivity index (χ4n) is 1.68. The average molecular weight is 155 g/mol. The molecule has 1 heterocycles. The standard InChI is InChI=1S/C9H17NO/c1-9(2,3)5-7-4-8(11)10-6-7/h7H,4-6H2,1-3H3,(H,10,11)/t7-/m0/s1. The molecule has 0 spiro atoms. The lowest BCUT2D eigenvalue weighted by molar-refractivity contribution is -0.119. The maximum atomic E-state index is 10.8. The summed E-state index contributed by atoms with van der Waals surface area (Å²) in [6.07, 6.45) is 1.88. The molecule has 1 aliphatic heterocycles. The van der Waals surface area contributed by atoms with Crippen molar-refractivity contribution in [3.63, 3.8) is 0 Å². The summed E-state index contributed by atoms with van der Waals surface area (Å²) in [5, 5.41) is 2.85. The maximum Gasteiger partial charge on any atom is 0.220 e. The molecular formula is C9H17NO. The Hall–Kier alpha value is -0.530. The first-order valence-corrected chi connectivity index (χ1v) is 4.24. The number of rotatable bonds is 1. The number of amides is 1. The van der Waals surface area contributed by atoms with E-state index in [0.29, 0.717) is 11.3 Å². The topological polar surface area (TPSA) is 29.1 Å². The molecular weight excluding hydrogens is 138 g/mol. The van der Waals surface area contributed by atoms with Gasteiger partial charge in [0.2, 0.25) is 5.91 Å². The predicted octanol–water partition coefficient (Wildman–Crippen LogP) is 1.56. The summed E-state index contributed by atoms with van der Waals surface area (Å²) in [4.78, 5) is 10.8. The molecule has 0 aromatic carbocycles. The molecule has 1 N–H and O–H groups in total. The third-order valence-corrected chi connectivity index (χ3v) is 1.96. The predicted molar refractivity (Wildman–Crippen MR) is 45.2 cm³/mol. The van der Waals surface area contributed by atoms with E-state index in [2.05, 4.69) is 26.1 Å². The van der Waals surface area contributed by atoms with E-state index < -0.39 is 0 Å². The summed E-state index contributed by atoms with van der Waals surface area (Å²) < 4.78 is 0. The van der Waals surface area contributed by atoms with Gasteiger partial charge in [0.15, 0.2) is 0 Å². The minimum absolute atomic E-state index is 0.222. The smallest absolute Gasteiger partial charge is 0.220 e. The molecule has 1 fully saturated rings. The van der Waals surface area contributed by atoms with E-state index in [0.717, 1.165) is 19.4 Å². The van der Waals surface area contributed by atoms with Gasteiger partial charge in [-0.25, -0.2) is 0 Å². The van der Waals surface area contributed by atoms with Gasteiger partial charge in [-0.15, -0.1) is 0 Å². The fourth-order valence-corrected chi connectivity index (χ4v) is 1.68. The molecule has 2 heteroatoms. The van der Waals surface area contributed by atoms with Crippen LogP contribution in [0.3, 0.4) is 0 Å². The van der Waals surface area contributed by atoms with Crippen molar-refractivity contribution >= 4 is 5.91 Å². The van der Waals surface area contributed by atoms with Gasteiger partial charge in [-0.05, 0) is 17.8 Å². The van der Waals surface area contributed by atoms with Crippen LogP contribution in [0.1, 0.15) is 33.6 Å². The van der Waals surface area contributed by atoms with Crippen molar-refractivity contribution in [1.82, 2.24) is 5.32 Å². The molecule has 0 aliphatic carbocycles. The molecule has 0 aromatic heterocycles. The van der Waals surface area contributed by atoms with Crippen LogP contribution in [-0.2, 0) is 4.79 Å². The van der Waals surface area contributed by atoms with Gasteiger partial charge < -0.3 is 5.32 Å². The van der Waals surface area contributed by atoms with Crippen LogP contribution in [-0.4, -0.2) is 12.5 Å². The Morgan fingerprint density at radius 1 is 1.55 bits per heavy atom. The van der Waals surface area contributed by atoms with Crippen LogP contribution in [0.2, 0.25) is 0 Å². The van der Waals surface area contributed by atoms with Gasteiger partial charge in [0.1, 0.15) is 0 Å². The quantitative estimate of drug-likeness (QED) is 0.611. The second kappa shape index (κ2) is 2.84. The zero-order chi connectivity index (χ0) is 8.48. The molecule has 1 atom stereocenters. The first-order valence-electron chi connectivity index (χ1n) is 4.24. The Kier molecular flexibility index (Phi) is 2.21. The SMILES string of the molecule is CC(C)(C)C[C@H]1CNC(=O)C1. The second-order valence-electron chi connectivity index (χ2n) is 4.64. The number of carbonyl (C=O) groups excluding carboxylic acids is 1. The van der Waals surface area contributed by atoms with Crippen LogP contribution in [0.5, 0.6) is 0 Å². The number of nitrogens with one attached hydrogen (secondary N) is 1. The van der Waals surface area contributed by atoms with Crippen molar-refractivity contribution in [2.45, 2.75) is 33.6 Å². The third-order valence-electron chi connectivity index (χ3n) is 1.96. The lowest BCUT2D eigenvalue weighted by atomic mass is 9.84. The van der Waals surface area contributed by atoms with Gasteiger partial charge in [-0.2, -0.15) is 0 Å². The molecule has 0 saturated carbocycles. The summed E-state index contributed by atoms with van der Waals surface area (Å²) in [6.45, 7) is 7.54. The first kappa shape index (κ1) is 8.57. The van der Waals surface area contributed by atoms with Gasteiger partial charge >= 0.3 is 0 Å². The molecule has 0 unspecified atom stereocenters. The number of carbonyl (C=O) groups is 1. The minimum atomic E-state index is 0.222. The van der Waals surface area contributed by atoms with Gasteiger partial charge in [-0.1, -0.05) is 20.8 Å². The van der Waals surface area contributed by atoms with Crippen molar-refractivity contribution in [2.75, 3.05) is 6.54 Å². The van der Waals surface area contributed by atoms with Crippen LogP contribution in [0.4, 0.5) is 0 Å². The molecule has 0 aromatic rings. The molecule has 1 aliphatic rings. The van der Waals surface area contributed by atoms with Crippen LogP contribution < -0.4 is 5.32 Å². The van der Waals surface area contributed by atoms with E-state index in [9.17, 15) is 4.79 Å². The number of hydrogen-bond donors (Lipinski definition) is 1. The average Bonchev–Trinajstić information content (AvgIpc) is 2.10. The van der Waals surface area contributed by atoms with Crippen molar-refractivity contribution in [1.29, 1.82) is 0 Å². The monoisotopic (exact) mass is 155 g/mol. The highest BCUT2D eigenvalue weighted by Crippen LogP contribution is 2.27. The van der Waals surface area contributed by atoms with E-state index in [1.165, 1.54) is 0 Å². The molecule has 11 heavy (non-hydrogen) atoms. The highest BCUT2D eigenvalue weighted by atomic mass is 16.1. The Morgan fingerprint density at radius 2 is 2.18 bits per heavy atom. The number of hydrogen-bond acceptors (Lipinski definition) is 1. The van der Waals surface area contributed by atoms with Crippen molar-refractivity contribution in [3.05, 3.63) is 0 Å². The first-order chi connectivity index (χ1) is 4.97. The third kappa shape index (κ3) is 2.91. The lowest BCUT2D eigenvalue weighted by Gasteiger charge is -2.21. The Balaban J connectivity index is 2.34. The van der Waals surface area contributed by atoms with E-state index in [1.807, 2.05) is 0 Å². The van der Waals surface area contributed by atoms with Gasteiger partial charge in [0, 0.05) is 13.0 Å². The van der Waals surface area contributed by atoms with Crippen LogP contribution in [0, 0.1) is 11.3 Å². The normalized spacial score (nSPS) is 25.4. The van der Waals surface area contributed by atoms with Gasteiger partial charge in [0.05, 0.1) is 0 Å². The van der Waals surface area contributed by atoms with E-state index in [4.69, 9.17) is 0 Å². The lowest BCUT2D eigenvalue weighted by Crippen LogP contribution is -2.16. The Bertz CT molecular complexity index is 157. The minimum Gasteiger partial charge on any atom is -0.356 e. The summed E-state index contributed by atoms with van der Waals surface area (Å²) in [7, 11) is 0. The van der Waals surface area contributed by atoms with E-state index in [-0.39, 0.29) is 5.91 Å². The maximum absolute atomic E-state index is 10.8. The molecule has 0 radical (unpaired) electrons. The summed E-state index contributed by atoms with van der Waals surface area (Å²) in [5.74, 6) is 0.793. The molecule has 1 amide bonds. The highest BCUT2D eigenvalue weighted by Gasteiger charge is 2.25. The second-order valence-corrected chi connectivity index (χ2v) is 4.64. The Morgan fingerprint density at radius 3 is 2.55 bits per heavy atom. The summed E-state index contributed by atoms with van der Waals surface area (Å²) >= 11 is 0. The van der Waals surface area contributed by atoms with E-state index in [1.54, 1.807) is 0 Å². The summed E-state index contributed by atoms with van der Waals surface area (Å²) in [6, 6.07) is 0. The van der Waals surface area contributed by atoms with Crippen LogP contribution in [0.15, 0.2) is 0 Å². The molecule has 0 bridgehead atoms. The van der Waals surface area contributed by atoms with Crippen LogP contribution in [0.25, 0.3) is 0 Å². The molecule has 1 rings (SSSR count). The van der Waals surface area contributed by atoms with E-state index >= 15 is 0 Å². The highest BCUT2D eigenvalue weighted by molar-refractivity contribution is 5.78. The van der Waals surface area contributed by atoms with Crippen molar-refractivity contribution in [2.24, 2.45) is 11.3 Å². The molecule has 64 valence electrons. The Labute approximate surface area is 68.4 Å². The molecule has 2 nitrogen and oxygen atoms in total. The fraction of sp³-hybridized carbons (Fsp3) is 0.889. The summed E-state index contributed by atoms with van der Waals surface area (Å²) in [5.41, 5.74) is 0.358. The zero-order valence-electron chi connectivity index (χ0n) is 7.61. The van der Waals surface area contributed by atoms with Gasteiger partial charge in [-0.3, -0.25) is 4.79 Å². The molecule has 1 saturated heterocycles. The van der Waals surface area contributed by atoms with Crippen LogP contribution >= 0.6 is 0 Å². The zero-order valence-corrected chi connectivity index (χ0v) is 7.61.